The predicted octanol–water partition coefficient (Wildman–Crippen LogP) is 3.10. The first-order chi connectivity index (χ1) is 13.0. The van der Waals surface area contributed by atoms with Gasteiger partial charge < -0.3 is 5.32 Å². The molecule has 3 aromatic rings. The average molecular weight is 402 g/mol. The van der Waals surface area contributed by atoms with Crippen LogP contribution < -0.4 is 10.0 Å². The van der Waals surface area contributed by atoms with Gasteiger partial charge in [0.25, 0.3) is 5.91 Å². The number of halogens is 1. The van der Waals surface area contributed by atoms with Gasteiger partial charge in [0.2, 0.25) is 10.0 Å². The van der Waals surface area contributed by atoms with E-state index in [0.29, 0.717) is 0 Å². The first-order valence-electron chi connectivity index (χ1n) is 8.41. The molecule has 0 radical (unpaired) electrons. The van der Waals surface area contributed by atoms with E-state index in [1.807, 2.05) is 0 Å². The fourth-order valence-electron chi connectivity index (χ4n) is 2.61. The SMILES string of the molecule is CC(C)(C)NS(=O)(=O)c1cccc(NC(=O)c2cc(F)cc3nccnc23)c1. The van der Waals surface area contributed by atoms with E-state index < -0.39 is 27.3 Å². The summed E-state index contributed by atoms with van der Waals surface area (Å²) in [5.74, 6) is -1.24. The molecule has 0 spiro atoms. The zero-order chi connectivity index (χ0) is 20.5. The number of hydrogen-bond donors (Lipinski definition) is 2. The molecule has 0 saturated carbocycles. The maximum absolute atomic E-state index is 13.8. The minimum atomic E-state index is -3.77. The smallest absolute Gasteiger partial charge is 0.258 e. The van der Waals surface area contributed by atoms with Crippen LogP contribution >= 0.6 is 0 Å². The summed E-state index contributed by atoms with van der Waals surface area (Å²) in [5.41, 5.74) is 0.0993. The number of aromatic nitrogens is 2. The number of carbonyl (C=O) groups excluding carboxylic acids is 1. The Morgan fingerprint density at radius 3 is 2.50 bits per heavy atom. The zero-order valence-corrected chi connectivity index (χ0v) is 16.3. The van der Waals surface area contributed by atoms with Gasteiger partial charge in [-0.05, 0) is 45.0 Å². The Labute approximate surface area is 162 Å². The predicted molar refractivity (Wildman–Crippen MR) is 104 cm³/mol. The maximum atomic E-state index is 13.8. The highest BCUT2D eigenvalue weighted by Gasteiger charge is 2.22. The van der Waals surface area contributed by atoms with E-state index in [9.17, 15) is 17.6 Å². The number of sulfonamides is 1. The lowest BCUT2D eigenvalue weighted by Crippen LogP contribution is -2.40. The number of hydrogen-bond acceptors (Lipinski definition) is 5. The van der Waals surface area contributed by atoms with Crippen molar-refractivity contribution in [2.45, 2.75) is 31.2 Å². The van der Waals surface area contributed by atoms with Crippen molar-refractivity contribution in [3.8, 4) is 0 Å². The minimum Gasteiger partial charge on any atom is -0.322 e. The van der Waals surface area contributed by atoms with Crippen molar-refractivity contribution in [2.75, 3.05) is 5.32 Å². The topological polar surface area (TPSA) is 101 Å². The molecular formula is C19H19FN4O3S. The van der Waals surface area contributed by atoms with E-state index in [1.54, 1.807) is 26.8 Å². The molecule has 0 aliphatic carbocycles. The molecule has 1 aromatic heterocycles. The fraction of sp³-hybridized carbons (Fsp3) is 0.211. The third kappa shape index (κ3) is 4.49. The van der Waals surface area contributed by atoms with Crippen LogP contribution in [-0.4, -0.2) is 29.8 Å². The van der Waals surface area contributed by atoms with Crippen molar-refractivity contribution < 1.29 is 17.6 Å². The molecule has 146 valence electrons. The van der Waals surface area contributed by atoms with Crippen LogP contribution in [-0.2, 0) is 10.0 Å². The second-order valence-corrected chi connectivity index (χ2v) is 8.90. The summed E-state index contributed by atoms with van der Waals surface area (Å²) >= 11 is 0. The lowest BCUT2D eigenvalue weighted by Gasteiger charge is -2.20. The molecule has 0 saturated heterocycles. The highest BCUT2D eigenvalue weighted by atomic mass is 32.2. The first-order valence-corrected chi connectivity index (χ1v) is 9.89. The molecule has 9 heteroatoms. The Bertz CT molecular complexity index is 1160. The van der Waals surface area contributed by atoms with Gasteiger partial charge in [-0.15, -0.1) is 0 Å². The summed E-state index contributed by atoms with van der Waals surface area (Å²) in [5, 5.41) is 2.59. The lowest BCUT2D eigenvalue weighted by atomic mass is 10.1. The van der Waals surface area contributed by atoms with Gasteiger partial charge in [-0.1, -0.05) is 6.07 Å². The molecule has 1 heterocycles. The van der Waals surface area contributed by atoms with Crippen LogP contribution in [0.1, 0.15) is 31.1 Å². The Balaban J connectivity index is 1.92. The second kappa shape index (κ2) is 7.25. The first kappa shape index (κ1) is 19.8. The largest absolute Gasteiger partial charge is 0.322 e. The number of amides is 1. The molecule has 0 aliphatic rings. The average Bonchev–Trinajstić information content (AvgIpc) is 2.59. The van der Waals surface area contributed by atoms with Crippen molar-refractivity contribution in [1.29, 1.82) is 0 Å². The molecule has 0 fully saturated rings. The molecule has 1 amide bonds. The van der Waals surface area contributed by atoms with Crippen LogP contribution in [0.25, 0.3) is 11.0 Å². The molecule has 2 aromatic carbocycles. The summed E-state index contributed by atoms with van der Waals surface area (Å²) in [6.07, 6.45) is 2.81. The highest BCUT2D eigenvalue weighted by molar-refractivity contribution is 7.89. The number of nitrogens with zero attached hydrogens (tertiary/aromatic N) is 2. The Morgan fingerprint density at radius 2 is 1.79 bits per heavy atom. The molecular weight excluding hydrogens is 383 g/mol. The third-order valence-electron chi connectivity index (χ3n) is 3.63. The molecule has 0 aliphatic heterocycles. The standard InChI is InChI=1S/C19H19FN4O3S/c1-19(2,3)24-28(26,27)14-6-4-5-13(11-14)23-18(25)15-9-12(20)10-16-17(15)22-8-7-21-16/h4-11,24H,1-3H3,(H,23,25). The van der Waals surface area contributed by atoms with E-state index in [0.717, 1.165) is 6.07 Å². The quantitative estimate of drug-likeness (QED) is 0.698. The van der Waals surface area contributed by atoms with Gasteiger partial charge in [0.15, 0.2) is 0 Å². The monoisotopic (exact) mass is 402 g/mol. The Kier molecular flexibility index (Phi) is 5.14. The highest BCUT2D eigenvalue weighted by Crippen LogP contribution is 2.21. The summed E-state index contributed by atoms with van der Waals surface area (Å²) in [7, 11) is -3.77. The van der Waals surface area contributed by atoms with Crippen molar-refractivity contribution in [1.82, 2.24) is 14.7 Å². The van der Waals surface area contributed by atoms with E-state index in [2.05, 4.69) is 20.0 Å². The van der Waals surface area contributed by atoms with E-state index in [-0.39, 0.29) is 27.2 Å². The van der Waals surface area contributed by atoms with Crippen LogP contribution in [0.5, 0.6) is 0 Å². The van der Waals surface area contributed by atoms with Crippen LogP contribution in [0.15, 0.2) is 53.7 Å². The number of carbonyl (C=O) groups is 1. The third-order valence-corrected chi connectivity index (χ3v) is 5.38. The Morgan fingerprint density at radius 1 is 1.07 bits per heavy atom. The normalized spacial score (nSPS) is 12.1. The Hall–Kier alpha value is -2.91. The molecule has 0 unspecified atom stereocenters. The van der Waals surface area contributed by atoms with Crippen LogP contribution in [0.3, 0.4) is 0 Å². The van der Waals surface area contributed by atoms with Gasteiger partial charge >= 0.3 is 0 Å². The summed E-state index contributed by atoms with van der Waals surface area (Å²) in [6.45, 7) is 5.19. The van der Waals surface area contributed by atoms with Crippen LogP contribution in [0.2, 0.25) is 0 Å². The number of benzene rings is 2. The van der Waals surface area contributed by atoms with Crippen LogP contribution in [0.4, 0.5) is 10.1 Å². The van der Waals surface area contributed by atoms with Crippen molar-refractivity contribution in [2.24, 2.45) is 0 Å². The van der Waals surface area contributed by atoms with Gasteiger partial charge in [0, 0.05) is 29.7 Å². The van der Waals surface area contributed by atoms with Gasteiger partial charge in [-0.3, -0.25) is 14.8 Å². The van der Waals surface area contributed by atoms with Crippen LogP contribution in [0, 0.1) is 5.82 Å². The van der Waals surface area contributed by atoms with E-state index >= 15 is 0 Å². The van der Waals surface area contributed by atoms with Crippen molar-refractivity contribution in [3.05, 3.63) is 60.2 Å². The van der Waals surface area contributed by atoms with Gasteiger partial charge in [0.1, 0.15) is 11.3 Å². The second-order valence-electron chi connectivity index (χ2n) is 7.21. The summed E-state index contributed by atoms with van der Waals surface area (Å²) in [4.78, 5) is 20.8. The van der Waals surface area contributed by atoms with E-state index in [4.69, 9.17) is 0 Å². The molecule has 0 bridgehead atoms. The number of nitrogens with one attached hydrogen (secondary N) is 2. The number of anilines is 1. The number of fused-ring (bicyclic) bond motifs is 1. The summed E-state index contributed by atoms with van der Waals surface area (Å²) < 4.78 is 41.4. The molecule has 3 rings (SSSR count). The molecule has 2 N–H and O–H groups in total. The van der Waals surface area contributed by atoms with E-state index in [1.165, 1.54) is 36.7 Å². The fourth-order valence-corrected chi connectivity index (χ4v) is 4.08. The minimum absolute atomic E-state index is 0.00381. The van der Waals surface area contributed by atoms with Crippen molar-refractivity contribution in [3.63, 3.8) is 0 Å². The summed E-state index contributed by atoms with van der Waals surface area (Å²) in [6, 6.07) is 8.06. The van der Waals surface area contributed by atoms with Crippen molar-refractivity contribution >= 4 is 32.7 Å². The maximum Gasteiger partial charge on any atom is 0.258 e. The molecule has 28 heavy (non-hydrogen) atoms. The van der Waals surface area contributed by atoms with Gasteiger partial charge in [0.05, 0.1) is 16.0 Å². The van der Waals surface area contributed by atoms with Gasteiger partial charge in [-0.2, -0.15) is 0 Å². The molecule has 7 nitrogen and oxygen atoms in total. The number of rotatable bonds is 4. The molecule has 0 atom stereocenters. The zero-order valence-electron chi connectivity index (χ0n) is 15.5. The van der Waals surface area contributed by atoms with Gasteiger partial charge in [-0.25, -0.2) is 17.5 Å². The lowest BCUT2D eigenvalue weighted by molar-refractivity contribution is 0.102.